The van der Waals surface area contributed by atoms with Crippen molar-refractivity contribution in [3.63, 3.8) is 0 Å². The molecular weight excluding hydrogens is 368 g/mol. The Morgan fingerprint density at radius 2 is 1.96 bits per heavy atom. The Bertz CT molecular complexity index is 958. The number of rotatable bonds is 5. The van der Waals surface area contributed by atoms with E-state index in [9.17, 15) is 4.79 Å². The Hall–Kier alpha value is -2.47. The average Bonchev–Trinajstić information content (AvgIpc) is 3.15. The van der Waals surface area contributed by atoms with Crippen molar-refractivity contribution >= 4 is 34.7 Å². The van der Waals surface area contributed by atoms with Crippen LogP contribution in [0.5, 0.6) is 0 Å². The highest BCUT2D eigenvalue weighted by Gasteiger charge is 2.26. The highest BCUT2D eigenvalue weighted by Crippen LogP contribution is 2.24. The van der Waals surface area contributed by atoms with Crippen molar-refractivity contribution in [3.8, 4) is 0 Å². The number of aromatic nitrogens is 2. The second kappa shape index (κ2) is 8.27. The summed E-state index contributed by atoms with van der Waals surface area (Å²) in [5.41, 5.74) is 4.43. The minimum Gasteiger partial charge on any atom is -0.352 e. The van der Waals surface area contributed by atoms with Gasteiger partial charge in [-0.25, -0.2) is 4.98 Å². The molecule has 5 nitrogen and oxygen atoms in total. The van der Waals surface area contributed by atoms with Crippen LogP contribution in [0.15, 0.2) is 47.4 Å². The molecule has 2 N–H and O–H groups in total. The Kier molecular flexibility index (Phi) is 5.57. The lowest BCUT2D eigenvalue weighted by Gasteiger charge is -2.31. The maximum absolute atomic E-state index is 12.6. The van der Waals surface area contributed by atoms with Crippen LogP contribution in [0.25, 0.3) is 11.0 Å². The molecule has 2 aromatic carbocycles. The number of benzene rings is 2. The number of fused-ring (bicyclic) bond motifs is 1. The van der Waals surface area contributed by atoms with Crippen molar-refractivity contribution in [2.24, 2.45) is 5.92 Å². The Morgan fingerprint density at radius 3 is 2.68 bits per heavy atom. The molecule has 1 aliphatic heterocycles. The SMILES string of the molecule is CSc1ccc(CNC(=O)C2CCN(c3nc4ccc(C)cc4[nH]3)CC2)cc1. The summed E-state index contributed by atoms with van der Waals surface area (Å²) in [6, 6.07) is 14.6. The molecule has 0 unspecified atom stereocenters. The third-order valence-electron chi connectivity index (χ3n) is 5.42. The van der Waals surface area contributed by atoms with E-state index in [1.807, 2.05) is 0 Å². The highest BCUT2D eigenvalue weighted by atomic mass is 32.2. The average molecular weight is 395 g/mol. The van der Waals surface area contributed by atoms with Crippen LogP contribution in [-0.4, -0.2) is 35.2 Å². The molecule has 1 saturated heterocycles. The zero-order valence-electron chi connectivity index (χ0n) is 16.4. The number of nitrogens with one attached hydrogen (secondary N) is 2. The van der Waals surface area contributed by atoms with Gasteiger partial charge in [-0.15, -0.1) is 11.8 Å². The third-order valence-corrected chi connectivity index (χ3v) is 6.16. The molecule has 2 heterocycles. The van der Waals surface area contributed by atoms with Crippen LogP contribution in [0, 0.1) is 12.8 Å². The summed E-state index contributed by atoms with van der Waals surface area (Å²) in [4.78, 5) is 24.2. The second-order valence-electron chi connectivity index (χ2n) is 7.41. The van der Waals surface area contributed by atoms with Gasteiger partial charge in [-0.3, -0.25) is 4.79 Å². The molecule has 0 saturated carbocycles. The molecule has 1 fully saturated rings. The van der Waals surface area contributed by atoms with E-state index < -0.39 is 0 Å². The number of carbonyl (C=O) groups is 1. The molecule has 28 heavy (non-hydrogen) atoms. The molecule has 1 aromatic heterocycles. The molecule has 0 radical (unpaired) electrons. The van der Waals surface area contributed by atoms with Gasteiger partial charge in [-0.1, -0.05) is 18.2 Å². The number of aryl methyl sites for hydroxylation is 1. The number of aromatic amines is 1. The van der Waals surface area contributed by atoms with E-state index >= 15 is 0 Å². The van der Waals surface area contributed by atoms with Crippen molar-refractivity contribution < 1.29 is 4.79 Å². The van der Waals surface area contributed by atoms with E-state index in [0.717, 1.165) is 48.5 Å². The number of carbonyl (C=O) groups excluding carboxylic acids is 1. The van der Waals surface area contributed by atoms with Gasteiger partial charge in [-0.05, 0) is 61.4 Å². The van der Waals surface area contributed by atoms with E-state index in [4.69, 9.17) is 4.98 Å². The quantitative estimate of drug-likeness (QED) is 0.639. The number of anilines is 1. The van der Waals surface area contributed by atoms with E-state index in [1.165, 1.54) is 10.5 Å². The number of amides is 1. The van der Waals surface area contributed by atoms with Gasteiger partial charge < -0.3 is 15.2 Å². The molecular formula is C22H26N4OS. The lowest BCUT2D eigenvalue weighted by Crippen LogP contribution is -2.40. The molecule has 0 aliphatic carbocycles. The number of thioether (sulfide) groups is 1. The smallest absolute Gasteiger partial charge is 0.223 e. The summed E-state index contributed by atoms with van der Waals surface area (Å²) < 4.78 is 0. The third kappa shape index (κ3) is 4.17. The van der Waals surface area contributed by atoms with Gasteiger partial charge >= 0.3 is 0 Å². The number of hydrogen-bond acceptors (Lipinski definition) is 4. The minimum atomic E-state index is 0.0772. The second-order valence-corrected chi connectivity index (χ2v) is 8.29. The van der Waals surface area contributed by atoms with Crippen LogP contribution in [0.2, 0.25) is 0 Å². The molecule has 3 aromatic rings. The van der Waals surface area contributed by atoms with Gasteiger partial charge in [0.15, 0.2) is 0 Å². The van der Waals surface area contributed by atoms with Crippen LogP contribution < -0.4 is 10.2 Å². The highest BCUT2D eigenvalue weighted by molar-refractivity contribution is 7.98. The molecule has 4 rings (SSSR count). The maximum Gasteiger partial charge on any atom is 0.223 e. The van der Waals surface area contributed by atoms with E-state index in [0.29, 0.717) is 6.54 Å². The molecule has 0 spiro atoms. The van der Waals surface area contributed by atoms with Crippen molar-refractivity contribution in [2.45, 2.75) is 31.2 Å². The summed E-state index contributed by atoms with van der Waals surface area (Å²) in [5.74, 6) is 1.15. The van der Waals surface area contributed by atoms with Gasteiger partial charge in [0.05, 0.1) is 11.0 Å². The number of H-pyrrole nitrogens is 1. The number of hydrogen-bond donors (Lipinski definition) is 2. The first-order valence-electron chi connectivity index (χ1n) is 9.74. The normalized spacial score (nSPS) is 15.1. The van der Waals surface area contributed by atoms with Crippen molar-refractivity contribution in [2.75, 3.05) is 24.2 Å². The van der Waals surface area contributed by atoms with Crippen LogP contribution in [-0.2, 0) is 11.3 Å². The van der Waals surface area contributed by atoms with Crippen LogP contribution >= 0.6 is 11.8 Å². The molecule has 1 aliphatic rings. The zero-order chi connectivity index (χ0) is 19.5. The molecule has 0 bridgehead atoms. The molecule has 0 atom stereocenters. The number of nitrogens with zero attached hydrogens (tertiary/aromatic N) is 2. The van der Waals surface area contributed by atoms with Gasteiger partial charge in [0, 0.05) is 30.4 Å². The van der Waals surface area contributed by atoms with Gasteiger partial charge in [0.25, 0.3) is 0 Å². The van der Waals surface area contributed by atoms with E-state index in [1.54, 1.807) is 11.8 Å². The summed E-state index contributed by atoms with van der Waals surface area (Å²) in [7, 11) is 0. The Labute approximate surface area is 169 Å². The predicted octanol–water partition coefficient (Wildman–Crippen LogP) is 4.13. The summed E-state index contributed by atoms with van der Waals surface area (Å²) in [5, 5.41) is 3.10. The summed E-state index contributed by atoms with van der Waals surface area (Å²) in [6.45, 7) is 4.37. The zero-order valence-corrected chi connectivity index (χ0v) is 17.2. The maximum atomic E-state index is 12.6. The Morgan fingerprint density at radius 1 is 1.21 bits per heavy atom. The standard InChI is InChI=1S/C22H26N4OS/c1-15-3-8-19-20(13-15)25-22(24-19)26-11-9-17(10-12-26)21(27)23-14-16-4-6-18(28-2)7-5-16/h3-8,13,17H,9-12,14H2,1-2H3,(H,23,27)(H,24,25). The minimum absolute atomic E-state index is 0.0772. The van der Waals surface area contributed by atoms with Crippen LogP contribution in [0.4, 0.5) is 5.95 Å². The number of piperidine rings is 1. The first-order chi connectivity index (χ1) is 13.6. The van der Waals surface area contributed by atoms with Gasteiger partial charge in [-0.2, -0.15) is 0 Å². The first kappa shape index (κ1) is 18.9. The van der Waals surface area contributed by atoms with Crippen molar-refractivity contribution in [3.05, 3.63) is 53.6 Å². The summed E-state index contributed by atoms with van der Waals surface area (Å²) in [6.07, 6.45) is 3.77. The lowest BCUT2D eigenvalue weighted by molar-refractivity contribution is -0.125. The van der Waals surface area contributed by atoms with Gasteiger partial charge in [0.1, 0.15) is 0 Å². The fraction of sp³-hybridized carbons (Fsp3) is 0.364. The monoisotopic (exact) mass is 394 g/mol. The molecule has 1 amide bonds. The predicted molar refractivity (Wildman–Crippen MR) is 116 cm³/mol. The van der Waals surface area contributed by atoms with Crippen LogP contribution in [0.1, 0.15) is 24.0 Å². The van der Waals surface area contributed by atoms with Gasteiger partial charge in [0.2, 0.25) is 11.9 Å². The molecule has 6 heteroatoms. The fourth-order valence-corrected chi connectivity index (χ4v) is 4.10. The fourth-order valence-electron chi connectivity index (χ4n) is 3.69. The molecule has 146 valence electrons. The van der Waals surface area contributed by atoms with Crippen molar-refractivity contribution in [1.29, 1.82) is 0 Å². The lowest BCUT2D eigenvalue weighted by atomic mass is 9.96. The van der Waals surface area contributed by atoms with Crippen molar-refractivity contribution in [1.82, 2.24) is 15.3 Å². The topological polar surface area (TPSA) is 61.0 Å². The Balaban J connectivity index is 1.30. The van der Waals surface area contributed by atoms with E-state index in [2.05, 4.69) is 70.8 Å². The number of imidazole rings is 1. The first-order valence-corrected chi connectivity index (χ1v) is 11.0. The van der Waals surface area contributed by atoms with Crippen LogP contribution in [0.3, 0.4) is 0 Å². The van der Waals surface area contributed by atoms with E-state index in [-0.39, 0.29) is 11.8 Å². The largest absolute Gasteiger partial charge is 0.352 e. The summed E-state index contributed by atoms with van der Waals surface area (Å²) >= 11 is 1.73.